The Morgan fingerprint density at radius 3 is 2.59 bits per heavy atom. The minimum atomic E-state index is -0.241. The summed E-state index contributed by atoms with van der Waals surface area (Å²) in [6.45, 7) is 1.52. The van der Waals surface area contributed by atoms with E-state index in [2.05, 4.69) is 15.6 Å². The number of hydrogen-bond donors (Lipinski definition) is 2. The molecule has 2 heterocycles. The zero-order chi connectivity index (χ0) is 20.2. The van der Waals surface area contributed by atoms with Gasteiger partial charge < -0.3 is 15.5 Å². The van der Waals surface area contributed by atoms with E-state index in [9.17, 15) is 14.4 Å². The lowest BCUT2D eigenvalue weighted by atomic mass is 10.1. The van der Waals surface area contributed by atoms with Gasteiger partial charge in [0.15, 0.2) is 5.13 Å². The molecule has 29 heavy (non-hydrogen) atoms. The Morgan fingerprint density at radius 1 is 1.07 bits per heavy atom. The SMILES string of the molecule is O=C(Cc1csc(NC(=O)C2CC2)n1)Nc1ccccc1C(=O)N1CCCCC1. The maximum absolute atomic E-state index is 12.9. The summed E-state index contributed by atoms with van der Waals surface area (Å²) in [5.74, 6) is -0.173. The van der Waals surface area contributed by atoms with Crippen LogP contribution in [-0.2, 0) is 16.0 Å². The number of amides is 3. The van der Waals surface area contributed by atoms with E-state index in [-0.39, 0.29) is 30.1 Å². The zero-order valence-electron chi connectivity index (χ0n) is 16.1. The molecule has 1 aliphatic carbocycles. The standard InChI is InChI=1S/C21H24N4O3S/c26-18(12-15-13-29-21(22-15)24-19(27)14-8-9-14)23-17-7-3-2-6-16(17)20(28)25-10-4-1-5-11-25/h2-3,6-7,13-14H,1,4-5,8-12H2,(H,23,26)(H,22,24,27). The Bertz CT molecular complexity index is 916. The Hall–Kier alpha value is -2.74. The third-order valence-electron chi connectivity index (χ3n) is 5.15. The first-order chi connectivity index (χ1) is 14.1. The van der Waals surface area contributed by atoms with Gasteiger partial charge in [-0.05, 0) is 44.2 Å². The summed E-state index contributed by atoms with van der Waals surface area (Å²) in [5, 5.41) is 7.93. The predicted molar refractivity (Wildman–Crippen MR) is 112 cm³/mol. The van der Waals surface area contributed by atoms with Gasteiger partial charge in [-0.25, -0.2) is 4.98 Å². The monoisotopic (exact) mass is 412 g/mol. The average molecular weight is 413 g/mol. The summed E-state index contributed by atoms with van der Waals surface area (Å²) in [4.78, 5) is 43.4. The van der Waals surface area contributed by atoms with Crippen LogP contribution in [0.3, 0.4) is 0 Å². The first-order valence-electron chi connectivity index (χ1n) is 10.0. The zero-order valence-corrected chi connectivity index (χ0v) is 17.0. The quantitative estimate of drug-likeness (QED) is 0.762. The fraction of sp³-hybridized carbons (Fsp3) is 0.429. The van der Waals surface area contributed by atoms with E-state index in [0.29, 0.717) is 22.1 Å². The molecule has 0 atom stereocenters. The normalized spacial score (nSPS) is 16.3. The number of para-hydroxylation sites is 1. The molecule has 8 heteroatoms. The minimum Gasteiger partial charge on any atom is -0.339 e. The number of hydrogen-bond acceptors (Lipinski definition) is 5. The van der Waals surface area contributed by atoms with E-state index in [1.807, 2.05) is 11.0 Å². The molecule has 1 saturated carbocycles. The Labute approximate surface area is 173 Å². The van der Waals surface area contributed by atoms with Gasteiger partial charge in [0, 0.05) is 24.4 Å². The highest BCUT2D eigenvalue weighted by Crippen LogP contribution is 2.30. The molecule has 0 radical (unpaired) electrons. The number of likely N-dealkylation sites (tertiary alicyclic amines) is 1. The number of carbonyl (C=O) groups excluding carboxylic acids is 3. The van der Waals surface area contributed by atoms with E-state index in [0.717, 1.165) is 45.2 Å². The van der Waals surface area contributed by atoms with Crippen molar-refractivity contribution < 1.29 is 14.4 Å². The largest absolute Gasteiger partial charge is 0.339 e. The molecule has 7 nitrogen and oxygen atoms in total. The van der Waals surface area contributed by atoms with Crippen molar-refractivity contribution in [3.8, 4) is 0 Å². The lowest BCUT2D eigenvalue weighted by Gasteiger charge is -2.27. The lowest BCUT2D eigenvalue weighted by Crippen LogP contribution is -2.36. The number of nitrogens with one attached hydrogen (secondary N) is 2. The molecule has 2 N–H and O–H groups in total. The molecule has 1 aliphatic heterocycles. The molecule has 0 spiro atoms. The Morgan fingerprint density at radius 2 is 1.83 bits per heavy atom. The van der Waals surface area contributed by atoms with Gasteiger partial charge in [-0.3, -0.25) is 14.4 Å². The van der Waals surface area contributed by atoms with Crippen molar-refractivity contribution in [2.75, 3.05) is 23.7 Å². The molecule has 0 bridgehead atoms. The average Bonchev–Trinajstić information content (AvgIpc) is 3.50. The molecule has 1 saturated heterocycles. The molecule has 2 aliphatic rings. The Balaban J connectivity index is 1.38. The van der Waals surface area contributed by atoms with E-state index < -0.39 is 0 Å². The van der Waals surface area contributed by atoms with Crippen LogP contribution in [0.2, 0.25) is 0 Å². The first-order valence-corrected chi connectivity index (χ1v) is 10.9. The van der Waals surface area contributed by atoms with E-state index in [4.69, 9.17) is 0 Å². The maximum atomic E-state index is 12.9. The number of nitrogens with zero attached hydrogens (tertiary/aromatic N) is 2. The molecule has 1 aromatic heterocycles. The van der Waals surface area contributed by atoms with Gasteiger partial charge >= 0.3 is 0 Å². The predicted octanol–water partition coefficient (Wildman–Crippen LogP) is 3.30. The summed E-state index contributed by atoms with van der Waals surface area (Å²) in [6.07, 6.45) is 5.14. The van der Waals surface area contributed by atoms with E-state index in [1.165, 1.54) is 11.3 Å². The van der Waals surface area contributed by atoms with Crippen LogP contribution in [0.25, 0.3) is 0 Å². The van der Waals surface area contributed by atoms with Crippen LogP contribution in [0, 0.1) is 5.92 Å². The van der Waals surface area contributed by atoms with Crippen molar-refractivity contribution in [1.82, 2.24) is 9.88 Å². The van der Waals surface area contributed by atoms with Crippen molar-refractivity contribution in [1.29, 1.82) is 0 Å². The van der Waals surface area contributed by atoms with Crippen LogP contribution in [0.15, 0.2) is 29.6 Å². The van der Waals surface area contributed by atoms with Gasteiger partial charge in [-0.2, -0.15) is 0 Å². The third-order valence-corrected chi connectivity index (χ3v) is 5.95. The van der Waals surface area contributed by atoms with E-state index in [1.54, 1.807) is 23.6 Å². The fourth-order valence-electron chi connectivity index (χ4n) is 3.40. The molecular weight excluding hydrogens is 388 g/mol. The van der Waals surface area contributed by atoms with Crippen LogP contribution in [-0.4, -0.2) is 40.7 Å². The summed E-state index contributed by atoms with van der Waals surface area (Å²) >= 11 is 1.31. The fourth-order valence-corrected chi connectivity index (χ4v) is 4.12. The van der Waals surface area contributed by atoms with Gasteiger partial charge in [0.05, 0.1) is 23.4 Å². The van der Waals surface area contributed by atoms with E-state index >= 15 is 0 Å². The molecule has 0 unspecified atom stereocenters. The summed E-state index contributed by atoms with van der Waals surface area (Å²) in [6, 6.07) is 7.11. The number of piperidine rings is 1. The van der Waals surface area contributed by atoms with Crippen molar-refractivity contribution in [2.45, 2.75) is 38.5 Å². The van der Waals surface area contributed by atoms with Crippen LogP contribution in [0.1, 0.15) is 48.2 Å². The third kappa shape index (κ3) is 5.00. The van der Waals surface area contributed by atoms with Crippen molar-refractivity contribution >= 4 is 39.9 Å². The van der Waals surface area contributed by atoms with Gasteiger partial charge in [0.1, 0.15) is 0 Å². The molecule has 1 aromatic carbocycles. The summed E-state index contributed by atoms with van der Waals surface area (Å²) in [5.41, 5.74) is 1.63. The highest BCUT2D eigenvalue weighted by atomic mass is 32.1. The minimum absolute atomic E-state index is 0.000467. The van der Waals surface area contributed by atoms with Gasteiger partial charge in [-0.15, -0.1) is 11.3 Å². The van der Waals surface area contributed by atoms with Gasteiger partial charge in [-0.1, -0.05) is 12.1 Å². The molecule has 3 amide bonds. The number of thiazole rings is 1. The molecular formula is C21H24N4O3S. The van der Waals surface area contributed by atoms with Crippen molar-refractivity contribution in [3.63, 3.8) is 0 Å². The number of aromatic nitrogens is 1. The van der Waals surface area contributed by atoms with Crippen LogP contribution in [0.5, 0.6) is 0 Å². The van der Waals surface area contributed by atoms with Crippen LogP contribution >= 0.6 is 11.3 Å². The van der Waals surface area contributed by atoms with Crippen molar-refractivity contribution in [2.24, 2.45) is 5.92 Å². The summed E-state index contributed by atoms with van der Waals surface area (Å²) < 4.78 is 0. The maximum Gasteiger partial charge on any atom is 0.255 e. The first kappa shape index (κ1) is 19.6. The van der Waals surface area contributed by atoms with Crippen LogP contribution < -0.4 is 10.6 Å². The highest BCUT2D eigenvalue weighted by Gasteiger charge is 2.30. The number of anilines is 2. The van der Waals surface area contributed by atoms with Gasteiger partial charge in [0.25, 0.3) is 5.91 Å². The van der Waals surface area contributed by atoms with Crippen LogP contribution in [0.4, 0.5) is 10.8 Å². The molecule has 4 rings (SSSR count). The molecule has 2 aromatic rings. The molecule has 2 fully saturated rings. The second-order valence-corrected chi connectivity index (χ2v) is 8.39. The Kier molecular flexibility index (Phi) is 5.89. The van der Waals surface area contributed by atoms with Crippen molar-refractivity contribution in [3.05, 3.63) is 40.9 Å². The highest BCUT2D eigenvalue weighted by molar-refractivity contribution is 7.13. The summed E-state index contributed by atoms with van der Waals surface area (Å²) in [7, 11) is 0. The topological polar surface area (TPSA) is 91.4 Å². The second-order valence-electron chi connectivity index (χ2n) is 7.53. The smallest absolute Gasteiger partial charge is 0.255 e. The van der Waals surface area contributed by atoms with Gasteiger partial charge in [0.2, 0.25) is 11.8 Å². The second kappa shape index (κ2) is 8.73. The number of benzene rings is 1. The number of rotatable bonds is 6. The number of carbonyl (C=O) groups is 3. The molecule has 152 valence electrons. The lowest BCUT2D eigenvalue weighted by molar-refractivity contribution is -0.117.